The Morgan fingerprint density at radius 2 is 2.23 bits per heavy atom. The highest BCUT2D eigenvalue weighted by molar-refractivity contribution is 5.93. The van der Waals surface area contributed by atoms with Gasteiger partial charge in [0.15, 0.2) is 0 Å². The van der Waals surface area contributed by atoms with Gasteiger partial charge in [0.25, 0.3) is 0 Å². The summed E-state index contributed by atoms with van der Waals surface area (Å²) in [6, 6.07) is 0.211. The minimum absolute atomic E-state index is 0.211. The van der Waals surface area contributed by atoms with Crippen molar-refractivity contribution in [1.29, 1.82) is 0 Å². The lowest BCUT2D eigenvalue weighted by atomic mass is 10.4. The topological polar surface area (TPSA) is 74.9 Å². The molecule has 0 aromatic rings. The smallest absolute Gasteiger partial charge is 0.207 e. The molecule has 6 heteroatoms. The molecule has 0 spiro atoms. The van der Waals surface area contributed by atoms with E-state index in [4.69, 9.17) is 10.6 Å². The van der Waals surface area contributed by atoms with Crippen LogP contribution in [0, 0.1) is 0 Å². The first-order valence-electron chi connectivity index (χ1n) is 4.03. The normalized spacial score (nSPS) is 21.0. The number of hydrogen-bond acceptors (Lipinski definition) is 5. The molecular formula is C7H15N5O. The number of hydrogen-bond donors (Lipinski definition) is 3. The Labute approximate surface area is 77.4 Å². The third kappa shape index (κ3) is 2.92. The van der Waals surface area contributed by atoms with Crippen molar-refractivity contribution < 1.29 is 4.74 Å². The Kier molecular flexibility index (Phi) is 3.10. The molecule has 0 radical (unpaired) electrons. The lowest BCUT2D eigenvalue weighted by Gasteiger charge is -2.25. The van der Waals surface area contributed by atoms with E-state index in [1.807, 2.05) is 13.8 Å². The van der Waals surface area contributed by atoms with Crippen LogP contribution in [0.1, 0.15) is 13.8 Å². The van der Waals surface area contributed by atoms with E-state index in [2.05, 4.69) is 15.8 Å². The van der Waals surface area contributed by atoms with E-state index in [-0.39, 0.29) is 6.04 Å². The average Bonchev–Trinajstić information content (AvgIpc) is 2.01. The number of ether oxygens (including phenoxy) is 1. The van der Waals surface area contributed by atoms with Gasteiger partial charge in [-0.05, 0) is 13.8 Å². The van der Waals surface area contributed by atoms with Crippen LogP contribution in [0.25, 0.3) is 0 Å². The van der Waals surface area contributed by atoms with Crippen LogP contribution in [0.2, 0.25) is 0 Å². The van der Waals surface area contributed by atoms with Crippen molar-refractivity contribution in [2.75, 3.05) is 7.11 Å². The largest absolute Gasteiger partial charge is 0.481 e. The number of nitrogens with one attached hydrogen (secondary N) is 2. The second kappa shape index (κ2) is 4.11. The zero-order valence-corrected chi connectivity index (χ0v) is 8.03. The van der Waals surface area contributed by atoms with Gasteiger partial charge < -0.3 is 4.74 Å². The summed E-state index contributed by atoms with van der Waals surface area (Å²) in [6.45, 7) is 3.97. The number of nitrogens with two attached hydrogens (primary N) is 1. The number of amidine groups is 1. The van der Waals surface area contributed by atoms with E-state index < -0.39 is 0 Å². The van der Waals surface area contributed by atoms with Gasteiger partial charge >= 0.3 is 0 Å². The maximum atomic E-state index is 5.48. The first kappa shape index (κ1) is 9.82. The maximum Gasteiger partial charge on any atom is 0.207 e. The molecular weight excluding hydrogens is 170 g/mol. The quantitative estimate of drug-likeness (QED) is 0.505. The summed E-state index contributed by atoms with van der Waals surface area (Å²) in [6.07, 6.45) is 1.74. The summed E-state index contributed by atoms with van der Waals surface area (Å²) in [5.41, 5.74) is 5.53. The van der Waals surface area contributed by atoms with Crippen molar-refractivity contribution in [3.05, 3.63) is 12.0 Å². The van der Waals surface area contributed by atoms with Crippen LogP contribution in [-0.2, 0) is 4.74 Å². The van der Waals surface area contributed by atoms with Crippen molar-refractivity contribution in [3.8, 4) is 0 Å². The highest BCUT2D eigenvalue weighted by Gasteiger charge is 2.11. The predicted molar refractivity (Wildman–Crippen MR) is 50.0 cm³/mol. The Morgan fingerprint density at radius 3 is 2.77 bits per heavy atom. The summed E-state index contributed by atoms with van der Waals surface area (Å²) in [7, 11) is 1.56. The fraction of sp³-hybridized carbons (Fsp3) is 0.571. The molecule has 13 heavy (non-hydrogen) atoms. The minimum Gasteiger partial charge on any atom is -0.481 e. The summed E-state index contributed by atoms with van der Waals surface area (Å²) in [5, 5.41) is 1.19. The number of nitrogens with zero attached hydrogens (tertiary/aromatic N) is 2. The Hall–Kier alpha value is -1.27. The van der Waals surface area contributed by atoms with Gasteiger partial charge in [0.1, 0.15) is 5.84 Å². The van der Waals surface area contributed by atoms with Crippen LogP contribution < -0.4 is 16.7 Å². The number of hydrazine groups is 3. The number of aliphatic imine (C=N–C) groups is 1. The molecule has 0 aliphatic carbocycles. The van der Waals surface area contributed by atoms with Gasteiger partial charge in [-0.1, -0.05) is 5.23 Å². The van der Waals surface area contributed by atoms with Crippen LogP contribution in [0.3, 0.4) is 0 Å². The van der Waals surface area contributed by atoms with E-state index in [0.717, 1.165) is 0 Å². The number of rotatable bonds is 2. The zero-order valence-electron chi connectivity index (χ0n) is 8.03. The minimum atomic E-state index is 0.211. The maximum absolute atomic E-state index is 5.48. The van der Waals surface area contributed by atoms with E-state index in [9.17, 15) is 0 Å². The second-order valence-corrected chi connectivity index (χ2v) is 2.91. The van der Waals surface area contributed by atoms with Crippen LogP contribution in [0.4, 0.5) is 0 Å². The SMILES string of the molecule is COC1=CC(=NC(C)C)NN(N)N1. The van der Waals surface area contributed by atoms with Gasteiger partial charge in [0, 0.05) is 12.1 Å². The van der Waals surface area contributed by atoms with Gasteiger partial charge in [-0.3, -0.25) is 15.8 Å². The molecule has 1 heterocycles. The molecule has 0 atom stereocenters. The Balaban J connectivity index is 2.76. The van der Waals surface area contributed by atoms with Gasteiger partial charge in [0.2, 0.25) is 5.88 Å². The summed E-state index contributed by atoms with van der Waals surface area (Å²) < 4.78 is 4.98. The highest BCUT2D eigenvalue weighted by atomic mass is 16.5. The van der Waals surface area contributed by atoms with Gasteiger partial charge in [-0.15, -0.1) is 0 Å². The van der Waals surface area contributed by atoms with E-state index in [0.29, 0.717) is 11.7 Å². The van der Waals surface area contributed by atoms with E-state index in [1.165, 1.54) is 5.23 Å². The third-order valence-electron chi connectivity index (χ3n) is 1.35. The molecule has 0 saturated carbocycles. The van der Waals surface area contributed by atoms with Gasteiger partial charge in [-0.25, -0.2) is 5.84 Å². The molecule has 0 aromatic carbocycles. The number of methoxy groups -OCH3 is 1. The average molecular weight is 185 g/mol. The molecule has 0 aromatic heterocycles. The molecule has 74 valence electrons. The monoisotopic (exact) mass is 185 g/mol. The van der Waals surface area contributed by atoms with Crippen LogP contribution in [-0.4, -0.2) is 24.2 Å². The molecule has 1 rings (SSSR count). The molecule has 6 nitrogen and oxygen atoms in total. The fourth-order valence-corrected chi connectivity index (χ4v) is 0.908. The van der Waals surface area contributed by atoms with Crippen molar-refractivity contribution in [2.24, 2.45) is 10.8 Å². The van der Waals surface area contributed by atoms with Crippen LogP contribution in [0.5, 0.6) is 0 Å². The van der Waals surface area contributed by atoms with Crippen molar-refractivity contribution in [2.45, 2.75) is 19.9 Å². The predicted octanol–water partition coefficient (Wildman–Crippen LogP) is -0.520. The van der Waals surface area contributed by atoms with E-state index in [1.54, 1.807) is 13.2 Å². The standard InChI is InChI=1S/C7H15N5O/c1-5(2)9-6-4-7(13-3)11-12(8)10-6/h4-5,11H,8H2,1-3H3,(H,9,10). The van der Waals surface area contributed by atoms with Gasteiger partial charge in [0.05, 0.1) is 7.11 Å². The molecule has 1 aliphatic heterocycles. The molecule has 1 aliphatic rings. The molecule has 0 saturated heterocycles. The summed E-state index contributed by atoms with van der Waals surface area (Å²) >= 11 is 0. The first-order chi connectivity index (χ1) is 6.11. The third-order valence-corrected chi connectivity index (χ3v) is 1.35. The first-order valence-corrected chi connectivity index (χ1v) is 4.03. The lowest BCUT2D eigenvalue weighted by molar-refractivity contribution is 0.109. The van der Waals surface area contributed by atoms with E-state index >= 15 is 0 Å². The molecule has 4 N–H and O–H groups in total. The molecule has 0 bridgehead atoms. The van der Waals surface area contributed by atoms with Crippen LogP contribution in [0.15, 0.2) is 17.0 Å². The Morgan fingerprint density at radius 1 is 1.54 bits per heavy atom. The fourth-order valence-electron chi connectivity index (χ4n) is 0.908. The molecule has 0 amide bonds. The zero-order chi connectivity index (χ0) is 9.84. The summed E-state index contributed by atoms with van der Waals surface area (Å²) in [4.78, 5) is 4.27. The van der Waals surface area contributed by atoms with Crippen molar-refractivity contribution in [1.82, 2.24) is 16.1 Å². The highest BCUT2D eigenvalue weighted by Crippen LogP contribution is 1.98. The van der Waals surface area contributed by atoms with Gasteiger partial charge in [-0.2, -0.15) is 0 Å². The van der Waals surface area contributed by atoms with Crippen molar-refractivity contribution in [3.63, 3.8) is 0 Å². The second-order valence-electron chi connectivity index (χ2n) is 2.91. The van der Waals surface area contributed by atoms with Crippen LogP contribution >= 0.6 is 0 Å². The molecule has 0 fully saturated rings. The molecule has 0 unspecified atom stereocenters. The Bertz CT molecular complexity index is 235. The summed E-state index contributed by atoms with van der Waals surface area (Å²) in [5.74, 6) is 6.71. The van der Waals surface area contributed by atoms with Crippen molar-refractivity contribution >= 4 is 5.84 Å². The lowest BCUT2D eigenvalue weighted by Crippen LogP contribution is -2.57.